The van der Waals surface area contributed by atoms with Crippen molar-refractivity contribution in [2.75, 3.05) is 5.17 Å². The topological polar surface area (TPSA) is 96.8 Å². The Morgan fingerprint density at radius 3 is 2.34 bits per heavy atom. The fourth-order valence-corrected chi connectivity index (χ4v) is 2.74. The van der Waals surface area contributed by atoms with E-state index in [9.17, 15) is 33.3 Å². The van der Waals surface area contributed by atoms with Gasteiger partial charge in [0.05, 0.1) is 15.5 Å². The molecule has 0 saturated heterocycles. The van der Waals surface area contributed by atoms with Gasteiger partial charge in [-0.1, -0.05) is 22.3 Å². The quantitative estimate of drug-likeness (QED) is 0.253. The number of hydroxylamine groups is 1. The first-order chi connectivity index (χ1) is 14.6. The Hall–Kier alpha value is -3.41. The summed E-state index contributed by atoms with van der Waals surface area (Å²) < 4.78 is 44.7. The molecule has 168 valence electrons. The Bertz CT molecular complexity index is 1150. The van der Waals surface area contributed by atoms with Crippen molar-refractivity contribution in [1.29, 1.82) is 0 Å². The number of hydrogen-bond acceptors (Lipinski definition) is 5. The molecule has 0 saturated carbocycles. The van der Waals surface area contributed by atoms with Crippen LogP contribution in [0.15, 0.2) is 67.0 Å². The van der Waals surface area contributed by atoms with Crippen molar-refractivity contribution in [3.8, 4) is 11.5 Å². The van der Waals surface area contributed by atoms with E-state index in [2.05, 4.69) is 0 Å². The third kappa shape index (κ3) is 5.44. The number of alkyl halides is 3. The molecule has 1 N–H and O–H groups in total. The Kier molecular flexibility index (Phi) is 7.62. The highest BCUT2D eigenvalue weighted by Gasteiger charge is 2.32. The van der Waals surface area contributed by atoms with Gasteiger partial charge in [-0.25, -0.2) is 5.21 Å². The van der Waals surface area contributed by atoms with Crippen LogP contribution in [-0.4, -0.2) is 16.0 Å². The van der Waals surface area contributed by atoms with Crippen LogP contribution in [-0.2, 0) is 6.18 Å². The smallest absolute Gasteiger partial charge is 0.416 e. The number of benzene rings is 2. The van der Waals surface area contributed by atoms with E-state index in [1.165, 1.54) is 24.5 Å². The lowest BCUT2D eigenvalue weighted by molar-refractivity contribution is -0.715. The molecule has 0 spiro atoms. The van der Waals surface area contributed by atoms with Gasteiger partial charge in [-0.15, -0.1) is 0 Å². The molecule has 13 heteroatoms. The Morgan fingerprint density at radius 1 is 1.12 bits per heavy atom. The average Bonchev–Trinajstić information content (AvgIpc) is 2.73. The molecule has 0 unspecified atom stereocenters. The maximum absolute atomic E-state index is 12.8. The van der Waals surface area contributed by atoms with Gasteiger partial charge in [0, 0.05) is 29.4 Å². The van der Waals surface area contributed by atoms with Crippen molar-refractivity contribution >= 4 is 23.2 Å². The number of carbonyl (C=O) groups excluding carboxylic acids is 1. The molecule has 0 bridgehead atoms. The summed E-state index contributed by atoms with van der Waals surface area (Å²) in [6.07, 6.45) is -1.95. The molecular weight excluding hydrogens is 478 g/mol. The van der Waals surface area contributed by atoms with Gasteiger partial charge in [-0.05, 0) is 24.3 Å². The van der Waals surface area contributed by atoms with E-state index in [0.29, 0.717) is 6.07 Å². The summed E-state index contributed by atoms with van der Waals surface area (Å²) in [5, 5.41) is 21.2. The number of ether oxygens (including phenoxy) is 1. The maximum Gasteiger partial charge on any atom is 0.416 e. The minimum atomic E-state index is -4.60. The summed E-state index contributed by atoms with van der Waals surface area (Å²) in [6, 6.07) is 10.1. The van der Waals surface area contributed by atoms with E-state index in [4.69, 9.17) is 16.3 Å². The Morgan fingerprint density at radius 2 is 1.78 bits per heavy atom. The SMILES string of the molecule is O=C(c1cc(Oc2ccc(C(F)(F)F)cc2Cl)ccc1[N+](=O)[O-])N(O)[n+]1ccccc1.[Cl-]. The van der Waals surface area contributed by atoms with E-state index in [1.54, 1.807) is 6.07 Å². The van der Waals surface area contributed by atoms with Crippen molar-refractivity contribution in [2.24, 2.45) is 0 Å². The van der Waals surface area contributed by atoms with Crippen molar-refractivity contribution < 1.29 is 49.9 Å². The molecule has 8 nitrogen and oxygen atoms in total. The van der Waals surface area contributed by atoms with Gasteiger partial charge in [-0.3, -0.25) is 14.9 Å². The fraction of sp³-hybridized carbons (Fsp3) is 0.0526. The number of aromatic nitrogens is 1. The van der Waals surface area contributed by atoms with Gasteiger partial charge >= 0.3 is 12.1 Å². The van der Waals surface area contributed by atoms with Crippen LogP contribution in [0.5, 0.6) is 11.5 Å². The van der Waals surface area contributed by atoms with Gasteiger partial charge in [0.2, 0.25) is 12.4 Å². The molecule has 1 aromatic heterocycles. The number of carbonyl (C=O) groups is 1. The van der Waals surface area contributed by atoms with Crippen LogP contribution < -0.4 is 27.0 Å². The van der Waals surface area contributed by atoms with Crippen LogP contribution in [0.25, 0.3) is 0 Å². The minimum Gasteiger partial charge on any atom is -1.00 e. The van der Waals surface area contributed by atoms with Crippen LogP contribution in [0.1, 0.15) is 15.9 Å². The van der Waals surface area contributed by atoms with Crippen molar-refractivity contribution in [1.82, 2.24) is 0 Å². The monoisotopic (exact) mass is 489 g/mol. The first kappa shape index (κ1) is 24.9. The number of hydrogen-bond donors (Lipinski definition) is 1. The lowest BCUT2D eigenvalue weighted by Crippen LogP contribution is -3.00. The highest BCUT2D eigenvalue weighted by atomic mass is 35.5. The molecular formula is C19H12Cl2F3N3O5. The molecule has 1 amide bonds. The number of halogens is 5. The second kappa shape index (κ2) is 9.81. The predicted octanol–water partition coefficient (Wildman–Crippen LogP) is 1.52. The van der Waals surface area contributed by atoms with Crippen molar-refractivity contribution in [2.45, 2.75) is 6.18 Å². The Balaban J connectivity index is 0.00000363. The van der Waals surface area contributed by atoms with Crippen LogP contribution in [0, 0.1) is 10.1 Å². The zero-order chi connectivity index (χ0) is 22.8. The summed E-state index contributed by atoms with van der Waals surface area (Å²) in [5.41, 5.74) is -2.13. The average molecular weight is 490 g/mol. The van der Waals surface area contributed by atoms with Crippen LogP contribution in [0.2, 0.25) is 5.02 Å². The molecule has 1 heterocycles. The van der Waals surface area contributed by atoms with Gasteiger partial charge in [0.25, 0.3) is 5.69 Å². The predicted molar refractivity (Wildman–Crippen MR) is 101 cm³/mol. The zero-order valence-electron chi connectivity index (χ0n) is 15.7. The molecule has 3 rings (SSSR count). The molecule has 0 radical (unpaired) electrons. The minimum absolute atomic E-state index is 0. The van der Waals surface area contributed by atoms with Gasteiger partial charge < -0.3 is 17.1 Å². The number of nitrogens with zero attached hydrogens (tertiary/aromatic N) is 3. The second-order valence-electron chi connectivity index (χ2n) is 6.03. The van der Waals surface area contributed by atoms with E-state index < -0.39 is 33.8 Å². The highest BCUT2D eigenvalue weighted by Crippen LogP contribution is 2.37. The van der Waals surface area contributed by atoms with Gasteiger partial charge in [-0.2, -0.15) is 13.2 Å². The van der Waals surface area contributed by atoms with Crippen molar-refractivity contribution in [3.05, 3.63) is 93.3 Å². The maximum atomic E-state index is 12.8. The highest BCUT2D eigenvalue weighted by molar-refractivity contribution is 6.32. The standard InChI is InChI=1S/C19H12ClF3N3O5.ClH/c20-15-10-12(19(21,22)23)4-7-17(15)31-13-5-6-16(26(29)30)14(11-13)18(27)25(28)24-8-2-1-3-9-24;/h1-11,28H;1H/q+1;/p-1. The van der Waals surface area contributed by atoms with E-state index in [1.807, 2.05) is 0 Å². The van der Waals surface area contributed by atoms with Crippen LogP contribution in [0.4, 0.5) is 18.9 Å². The summed E-state index contributed by atoms with van der Waals surface area (Å²) in [6.45, 7) is 0. The normalized spacial score (nSPS) is 10.8. The zero-order valence-corrected chi connectivity index (χ0v) is 17.2. The molecule has 2 aromatic carbocycles. The molecule has 0 aliphatic heterocycles. The number of pyridine rings is 1. The number of nitro groups is 1. The van der Waals surface area contributed by atoms with Gasteiger partial charge in [0.1, 0.15) is 17.1 Å². The number of nitro benzene ring substituents is 1. The molecule has 0 fully saturated rings. The van der Waals surface area contributed by atoms with Crippen LogP contribution >= 0.6 is 11.6 Å². The first-order valence-corrected chi connectivity index (χ1v) is 8.78. The third-order valence-electron chi connectivity index (χ3n) is 3.98. The molecule has 32 heavy (non-hydrogen) atoms. The molecule has 0 aliphatic rings. The number of rotatable bonds is 5. The van der Waals surface area contributed by atoms with Crippen molar-refractivity contribution in [3.63, 3.8) is 0 Å². The largest absolute Gasteiger partial charge is 1.00 e. The van der Waals surface area contributed by atoms with Crippen LogP contribution in [0.3, 0.4) is 0 Å². The molecule has 3 aromatic rings. The summed E-state index contributed by atoms with van der Waals surface area (Å²) in [4.78, 5) is 23.1. The molecule has 0 aliphatic carbocycles. The first-order valence-electron chi connectivity index (χ1n) is 8.41. The van der Waals surface area contributed by atoms with E-state index in [0.717, 1.165) is 35.0 Å². The fourth-order valence-electron chi connectivity index (χ4n) is 2.52. The second-order valence-corrected chi connectivity index (χ2v) is 6.44. The molecule has 0 atom stereocenters. The number of amides is 1. The van der Waals surface area contributed by atoms with E-state index in [-0.39, 0.29) is 34.1 Å². The van der Waals surface area contributed by atoms with Gasteiger partial charge in [0.15, 0.2) is 0 Å². The summed E-state index contributed by atoms with van der Waals surface area (Å²) >= 11 is 5.85. The summed E-state index contributed by atoms with van der Waals surface area (Å²) in [7, 11) is 0. The lowest BCUT2D eigenvalue weighted by atomic mass is 10.1. The third-order valence-corrected chi connectivity index (χ3v) is 4.28. The summed E-state index contributed by atoms with van der Waals surface area (Å²) in [5.74, 6) is -1.44. The lowest BCUT2D eigenvalue weighted by Gasteiger charge is -2.12. The Labute approximate surface area is 189 Å². The van der Waals surface area contributed by atoms with E-state index >= 15 is 0 Å².